The van der Waals surface area contributed by atoms with Crippen molar-refractivity contribution in [2.75, 3.05) is 52.5 Å². The van der Waals surface area contributed by atoms with Crippen LogP contribution in [0.2, 0.25) is 0 Å². The fourth-order valence-electron chi connectivity index (χ4n) is 2.88. The Labute approximate surface area is 144 Å². The predicted octanol–water partition coefficient (Wildman–Crippen LogP) is 0.488. The van der Waals surface area contributed by atoms with Crippen molar-refractivity contribution in [2.24, 2.45) is 0 Å². The summed E-state index contributed by atoms with van der Waals surface area (Å²) >= 11 is 0. The molecule has 2 N–H and O–H groups in total. The average molecular weight is 335 g/mol. The minimum atomic E-state index is -0.139. The molecule has 1 saturated heterocycles. The Morgan fingerprint density at radius 2 is 2.08 bits per heavy atom. The molecule has 0 aliphatic carbocycles. The van der Waals surface area contributed by atoms with Crippen molar-refractivity contribution in [3.8, 4) is 5.75 Å². The van der Waals surface area contributed by atoms with E-state index in [0.717, 1.165) is 37.5 Å². The van der Waals surface area contributed by atoms with Crippen LogP contribution in [0.5, 0.6) is 5.75 Å². The maximum absolute atomic E-state index is 12.3. The largest absolute Gasteiger partial charge is 0.492 e. The molecule has 1 aromatic carbocycles. The van der Waals surface area contributed by atoms with E-state index in [2.05, 4.69) is 15.1 Å². The molecule has 6 nitrogen and oxygen atoms in total. The summed E-state index contributed by atoms with van der Waals surface area (Å²) in [6.07, 6.45) is 0. The highest BCUT2D eigenvalue weighted by molar-refractivity contribution is 5.81. The lowest BCUT2D eigenvalue weighted by molar-refractivity contribution is -0.126. The number of benzene rings is 1. The number of nitrogens with one attached hydrogen (secondary N) is 1. The maximum Gasteiger partial charge on any atom is 0.237 e. The van der Waals surface area contributed by atoms with Gasteiger partial charge in [0.15, 0.2) is 0 Å². The Hall–Kier alpha value is -1.63. The number of rotatable bonds is 8. The van der Waals surface area contributed by atoms with Crippen molar-refractivity contribution < 1.29 is 14.6 Å². The second-order valence-electron chi connectivity index (χ2n) is 6.23. The number of amides is 1. The second kappa shape index (κ2) is 9.61. The van der Waals surface area contributed by atoms with Gasteiger partial charge in [0.05, 0.1) is 19.2 Å². The molecule has 0 radical (unpaired) electrons. The minimum absolute atomic E-state index is 0.0402. The second-order valence-corrected chi connectivity index (χ2v) is 6.23. The summed E-state index contributed by atoms with van der Waals surface area (Å²) in [5, 5.41) is 11.9. The molecule has 134 valence electrons. The van der Waals surface area contributed by atoms with E-state index in [1.54, 1.807) is 0 Å². The molecule has 1 heterocycles. The predicted molar refractivity (Wildman–Crippen MR) is 94.2 cm³/mol. The number of aryl methyl sites for hydroxylation is 1. The third kappa shape index (κ3) is 5.78. The number of hydrogen-bond donors (Lipinski definition) is 2. The Bertz CT molecular complexity index is 516. The first kappa shape index (κ1) is 18.7. The molecule has 1 fully saturated rings. The van der Waals surface area contributed by atoms with Crippen LogP contribution in [0, 0.1) is 6.92 Å². The molecule has 1 atom stereocenters. The molecule has 0 bridgehead atoms. The van der Waals surface area contributed by atoms with Gasteiger partial charge in [-0.3, -0.25) is 14.6 Å². The number of ether oxygens (including phenoxy) is 1. The van der Waals surface area contributed by atoms with Gasteiger partial charge in [0, 0.05) is 32.7 Å². The maximum atomic E-state index is 12.3. The fourth-order valence-corrected chi connectivity index (χ4v) is 2.88. The molecule has 6 heteroatoms. The topological polar surface area (TPSA) is 65.0 Å². The van der Waals surface area contributed by atoms with E-state index in [1.165, 1.54) is 0 Å². The number of nitrogens with zero attached hydrogens (tertiary/aromatic N) is 2. The van der Waals surface area contributed by atoms with Crippen molar-refractivity contribution in [1.82, 2.24) is 15.1 Å². The molecule has 0 aromatic heterocycles. The molecule has 0 unspecified atom stereocenters. The summed E-state index contributed by atoms with van der Waals surface area (Å²) in [5.74, 6) is 0.871. The van der Waals surface area contributed by atoms with Crippen molar-refractivity contribution in [3.63, 3.8) is 0 Å². The smallest absolute Gasteiger partial charge is 0.237 e. The van der Waals surface area contributed by atoms with Gasteiger partial charge in [-0.2, -0.15) is 0 Å². The van der Waals surface area contributed by atoms with Gasteiger partial charge in [-0.25, -0.2) is 0 Å². The van der Waals surface area contributed by atoms with Crippen LogP contribution in [0.15, 0.2) is 24.3 Å². The van der Waals surface area contributed by atoms with Crippen LogP contribution in [-0.2, 0) is 4.79 Å². The number of aliphatic hydroxyl groups excluding tert-OH is 1. The van der Waals surface area contributed by atoms with E-state index in [4.69, 9.17) is 9.84 Å². The Morgan fingerprint density at radius 3 is 2.75 bits per heavy atom. The average Bonchev–Trinajstić information content (AvgIpc) is 2.59. The zero-order valence-electron chi connectivity index (χ0n) is 14.7. The van der Waals surface area contributed by atoms with Crippen molar-refractivity contribution in [3.05, 3.63) is 29.8 Å². The number of β-amino-alcohol motifs (C(OH)–C–C–N with tert-alkyl or cyclic N) is 1. The summed E-state index contributed by atoms with van der Waals surface area (Å²) in [6, 6.07) is 7.75. The quantitative estimate of drug-likeness (QED) is 0.677. The van der Waals surface area contributed by atoms with Gasteiger partial charge < -0.3 is 15.2 Å². The standard InChI is InChI=1S/C18H29N3O3/c1-15-4-3-5-17(14-15)24-13-6-19-18(23)16(2)21-9-7-20(8-10-21)11-12-22/h3-5,14,16,22H,6-13H2,1-2H3,(H,19,23)/t16-/m1/s1. The van der Waals surface area contributed by atoms with E-state index in [-0.39, 0.29) is 18.6 Å². The first-order valence-corrected chi connectivity index (χ1v) is 8.64. The SMILES string of the molecule is Cc1cccc(OCCNC(=O)[C@@H](C)N2CCN(CCO)CC2)c1. The molecule has 1 aliphatic heterocycles. The zero-order valence-corrected chi connectivity index (χ0v) is 14.7. The van der Waals surface area contributed by atoms with Crippen molar-refractivity contribution in [2.45, 2.75) is 19.9 Å². The number of aliphatic hydroxyl groups is 1. The van der Waals surface area contributed by atoms with Crippen LogP contribution in [-0.4, -0.2) is 79.3 Å². The van der Waals surface area contributed by atoms with Gasteiger partial charge in [0.1, 0.15) is 12.4 Å². The van der Waals surface area contributed by atoms with Gasteiger partial charge >= 0.3 is 0 Å². The molecule has 1 aromatic rings. The Morgan fingerprint density at radius 1 is 1.33 bits per heavy atom. The summed E-state index contributed by atoms with van der Waals surface area (Å²) in [4.78, 5) is 16.7. The van der Waals surface area contributed by atoms with Crippen LogP contribution in [0.1, 0.15) is 12.5 Å². The minimum Gasteiger partial charge on any atom is -0.492 e. The molecule has 2 rings (SSSR count). The van der Waals surface area contributed by atoms with Gasteiger partial charge in [0.25, 0.3) is 0 Å². The molecule has 0 spiro atoms. The van der Waals surface area contributed by atoms with Crippen molar-refractivity contribution >= 4 is 5.91 Å². The van der Waals surface area contributed by atoms with Crippen LogP contribution in [0.4, 0.5) is 0 Å². The Balaban J connectivity index is 1.65. The van der Waals surface area contributed by atoms with E-state index in [9.17, 15) is 4.79 Å². The highest BCUT2D eigenvalue weighted by atomic mass is 16.5. The van der Waals surface area contributed by atoms with Crippen molar-refractivity contribution in [1.29, 1.82) is 0 Å². The molecule has 24 heavy (non-hydrogen) atoms. The highest BCUT2D eigenvalue weighted by Crippen LogP contribution is 2.11. The van der Waals surface area contributed by atoms with Crippen LogP contribution in [0.3, 0.4) is 0 Å². The zero-order chi connectivity index (χ0) is 17.4. The number of carbonyl (C=O) groups is 1. The van der Waals surface area contributed by atoms with Gasteiger partial charge in [0.2, 0.25) is 5.91 Å². The normalized spacial score (nSPS) is 17.5. The summed E-state index contributed by atoms with van der Waals surface area (Å²) < 4.78 is 5.64. The highest BCUT2D eigenvalue weighted by Gasteiger charge is 2.24. The lowest BCUT2D eigenvalue weighted by Crippen LogP contribution is -2.54. The Kier molecular flexibility index (Phi) is 7.49. The third-order valence-corrected chi connectivity index (χ3v) is 4.41. The monoisotopic (exact) mass is 335 g/mol. The van der Waals surface area contributed by atoms with E-state index in [1.807, 2.05) is 38.1 Å². The van der Waals surface area contributed by atoms with Crippen LogP contribution in [0.25, 0.3) is 0 Å². The molecular formula is C18H29N3O3. The van der Waals surface area contributed by atoms with Crippen LogP contribution < -0.4 is 10.1 Å². The molecule has 0 saturated carbocycles. The third-order valence-electron chi connectivity index (χ3n) is 4.41. The van der Waals surface area contributed by atoms with Crippen LogP contribution >= 0.6 is 0 Å². The summed E-state index contributed by atoms with van der Waals surface area (Å²) in [6.45, 7) is 9.34. The van der Waals surface area contributed by atoms with Gasteiger partial charge in [-0.15, -0.1) is 0 Å². The number of piperazine rings is 1. The van der Waals surface area contributed by atoms with E-state index in [0.29, 0.717) is 19.7 Å². The summed E-state index contributed by atoms with van der Waals surface area (Å²) in [5.41, 5.74) is 1.16. The lowest BCUT2D eigenvalue weighted by atomic mass is 10.2. The van der Waals surface area contributed by atoms with E-state index >= 15 is 0 Å². The van der Waals surface area contributed by atoms with Gasteiger partial charge in [-0.1, -0.05) is 12.1 Å². The summed E-state index contributed by atoms with van der Waals surface area (Å²) in [7, 11) is 0. The number of carbonyl (C=O) groups excluding carboxylic acids is 1. The van der Waals surface area contributed by atoms with E-state index < -0.39 is 0 Å². The molecule has 1 aliphatic rings. The van der Waals surface area contributed by atoms with Gasteiger partial charge in [-0.05, 0) is 31.5 Å². The lowest BCUT2D eigenvalue weighted by Gasteiger charge is -2.37. The molecule has 1 amide bonds. The first-order valence-electron chi connectivity index (χ1n) is 8.64. The fraction of sp³-hybridized carbons (Fsp3) is 0.611. The molecular weight excluding hydrogens is 306 g/mol. The first-order chi connectivity index (χ1) is 11.6. The number of hydrogen-bond acceptors (Lipinski definition) is 5.